The summed E-state index contributed by atoms with van der Waals surface area (Å²) in [5.74, 6) is 0.349. The van der Waals surface area contributed by atoms with E-state index in [1.54, 1.807) is 12.1 Å². The van der Waals surface area contributed by atoms with Crippen LogP contribution in [0.1, 0.15) is 36.9 Å². The minimum Gasteiger partial charge on any atom is -0.489 e. The van der Waals surface area contributed by atoms with E-state index in [1.165, 1.54) is 12.1 Å². The number of rotatable bonds is 7. The molecular formula is C21H26ClFN2O3. The molecule has 7 heteroatoms. The van der Waals surface area contributed by atoms with Gasteiger partial charge in [0.15, 0.2) is 0 Å². The first kappa shape index (κ1) is 22.1. The predicted molar refractivity (Wildman–Crippen MR) is 108 cm³/mol. The number of hydrogen-bond donors (Lipinski definition) is 2. The maximum atomic E-state index is 12.9. The van der Waals surface area contributed by atoms with Gasteiger partial charge in [-0.25, -0.2) is 4.39 Å². The summed E-state index contributed by atoms with van der Waals surface area (Å²) in [7, 11) is 0. The molecule has 0 aliphatic carbocycles. The first-order chi connectivity index (χ1) is 13.0. The van der Waals surface area contributed by atoms with Crippen LogP contribution in [-0.2, 0) is 16.1 Å². The number of nitrogens with one attached hydrogen (secondary N) is 1. The van der Waals surface area contributed by atoms with E-state index in [2.05, 4.69) is 5.32 Å². The third kappa shape index (κ3) is 5.92. The van der Waals surface area contributed by atoms with Crippen molar-refractivity contribution in [2.75, 3.05) is 6.54 Å². The first-order valence-corrected chi connectivity index (χ1v) is 9.18. The van der Waals surface area contributed by atoms with E-state index in [-0.39, 0.29) is 36.3 Å². The van der Waals surface area contributed by atoms with Crippen LogP contribution in [0, 0.1) is 5.82 Å². The summed E-state index contributed by atoms with van der Waals surface area (Å²) in [5.41, 5.74) is 7.46. The lowest BCUT2D eigenvalue weighted by molar-refractivity contribution is -0.132. The van der Waals surface area contributed by atoms with E-state index in [0.29, 0.717) is 25.3 Å². The molecule has 1 saturated heterocycles. The molecule has 0 radical (unpaired) electrons. The zero-order chi connectivity index (χ0) is 19.2. The molecule has 2 aromatic carbocycles. The standard InChI is InChI=1S/C21H25FN2O3.ClH/c1-14(24-21(25)20-11-10-19(12-23)27-20)16-4-8-18(9-5-16)26-13-15-2-6-17(22)7-3-15;/h2-9,14,19-20H,10-13,23H2,1H3,(H,24,25);1H/t14?,19-,20+;/m1./s1. The average Bonchev–Trinajstić information content (AvgIpc) is 3.17. The summed E-state index contributed by atoms with van der Waals surface area (Å²) in [4.78, 5) is 12.3. The monoisotopic (exact) mass is 408 g/mol. The van der Waals surface area contributed by atoms with Gasteiger partial charge >= 0.3 is 0 Å². The quantitative estimate of drug-likeness (QED) is 0.735. The van der Waals surface area contributed by atoms with Gasteiger partial charge in [0.05, 0.1) is 12.1 Å². The van der Waals surface area contributed by atoms with Crippen LogP contribution in [-0.4, -0.2) is 24.7 Å². The Morgan fingerprint density at radius 3 is 2.50 bits per heavy atom. The van der Waals surface area contributed by atoms with Gasteiger partial charge in [-0.3, -0.25) is 4.79 Å². The summed E-state index contributed by atoms with van der Waals surface area (Å²) < 4.78 is 24.3. The van der Waals surface area contributed by atoms with Gasteiger partial charge in [0.25, 0.3) is 0 Å². The van der Waals surface area contributed by atoms with Crippen molar-refractivity contribution in [2.45, 2.75) is 44.6 Å². The molecule has 28 heavy (non-hydrogen) atoms. The molecule has 152 valence electrons. The average molecular weight is 409 g/mol. The summed E-state index contributed by atoms with van der Waals surface area (Å²) in [6.45, 7) is 2.74. The van der Waals surface area contributed by atoms with Gasteiger partial charge in [-0.15, -0.1) is 12.4 Å². The van der Waals surface area contributed by atoms with Crippen LogP contribution in [0.15, 0.2) is 48.5 Å². The Balaban J connectivity index is 0.00000280. The fourth-order valence-electron chi connectivity index (χ4n) is 3.06. The van der Waals surface area contributed by atoms with Gasteiger partial charge in [-0.2, -0.15) is 0 Å². The van der Waals surface area contributed by atoms with Crippen LogP contribution in [0.5, 0.6) is 5.75 Å². The number of benzene rings is 2. The van der Waals surface area contributed by atoms with Crippen LogP contribution in [0.3, 0.4) is 0 Å². The minimum atomic E-state index is -0.417. The van der Waals surface area contributed by atoms with Crippen molar-refractivity contribution in [2.24, 2.45) is 5.73 Å². The van der Waals surface area contributed by atoms with Crippen molar-refractivity contribution in [1.29, 1.82) is 0 Å². The predicted octanol–water partition coefficient (Wildman–Crippen LogP) is 3.51. The fraction of sp³-hybridized carbons (Fsp3) is 0.381. The van der Waals surface area contributed by atoms with Crippen molar-refractivity contribution < 1.29 is 18.7 Å². The van der Waals surface area contributed by atoms with E-state index in [0.717, 1.165) is 17.5 Å². The highest BCUT2D eigenvalue weighted by molar-refractivity contribution is 5.85. The second kappa shape index (κ2) is 10.4. The topological polar surface area (TPSA) is 73.6 Å². The van der Waals surface area contributed by atoms with E-state index >= 15 is 0 Å². The molecule has 0 aromatic heterocycles. The molecule has 1 amide bonds. The van der Waals surface area contributed by atoms with Gasteiger partial charge in [0, 0.05) is 6.54 Å². The largest absolute Gasteiger partial charge is 0.489 e. The molecule has 3 N–H and O–H groups in total. The highest BCUT2D eigenvalue weighted by atomic mass is 35.5. The molecule has 0 bridgehead atoms. The Morgan fingerprint density at radius 2 is 1.89 bits per heavy atom. The van der Waals surface area contributed by atoms with E-state index in [1.807, 2.05) is 31.2 Å². The molecule has 0 saturated carbocycles. The second-order valence-corrected chi connectivity index (χ2v) is 6.77. The lowest BCUT2D eigenvalue weighted by Crippen LogP contribution is -2.36. The van der Waals surface area contributed by atoms with Gasteiger partial charge in [-0.1, -0.05) is 24.3 Å². The molecular weight excluding hydrogens is 383 g/mol. The molecule has 1 aliphatic heterocycles. The minimum absolute atomic E-state index is 0. The number of amides is 1. The molecule has 1 fully saturated rings. The van der Waals surface area contributed by atoms with Gasteiger partial charge in [-0.05, 0) is 55.2 Å². The number of ether oxygens (including phenoxy) is 2. The Bertz CT molecular complexity index is 755. The number of hydrogen-bond acceptors (Lipinski definition) is 4. The molecule has 1 heterocycles. The van der Waals surface area contributed by atoms with E-state index in [9.17, 15) is 9.18 Å². The van der Waals surface area contributed by atoms with Gasteiger partial charge in [0.2, 0.25) is 5.91 Å². The number of halogens is 2. The van der Waals surface area contributed by atoms with Crippen LogP contribution in [0.25, 0.3) is 0 Å². The number of nitrogens with two attached hydrogens (primary N) is 1. The molecule has 1 aliphatic rings. The maximum absolute atomic E-state index is 12.9. The maximum Gasteiger partial charge on any atom is 0.249 e. The smallest absolute Gasteiger partial charge is 0.249 e. The Labute approximate surface area is 170 Å². The number of carbonyl (C=O) groups is 1. The highest BCUT2D eigenvalue weighted by Crippen LogP contribution is 2.22. The normalized spacial score (nSPS) is 19.5. The van der Waals surface area contributed by atoms with E-state index in [4.69, 9.17) is 15.2 Å². The summed E-state index contributed by atoms with van der Waals surface area (Å²) in [6, 6.07) is 13.6. The van der Waals surface area contributed by atoms with Crippen LogP contribution in [0.2, 0.25) is 0 Å². The molecule has 1 unspecified atom stereocenters. The van der Waals surface area contributed by atoms with Crippen LogP contribution in [0.4, 0.5) is 4.39 Å². The SMILES string of the molecule is CC(NC(=O)[C@@H]1CC[C@H](CN)O1)c1ccc(OCc2ccc(F)cc2)cc1.Cl. The lowest BCUT2D eigenvalue weighted by atomic mass is 10.1. The van der Waals surface area contributed by atoms with Crippen LogP contribution < -0.4 is 15.8 Å². The lowest BCUT2D eigenvalue weighted by Gasteiger charge is -2.18. The van der Waals surface area contributed by atoms with Crippen LogP contribution >= 0.6 is 12.4 Å². The highest BCUT2D eigenvalue weighted by Gasteiger charge is 2.30. The van der Waals surface area contributed by atoms with Gasteiger partial charge < -0.3 is 20.5 Å². The van der Waals surface area contributed by atoms with Gasteiger partial charge in [0.1, 0.15) is 24.3 Å². The van der Waals surface area contributed by atoms with Crippen molar-refractivity contribution >= 4 is 18.3 Å². The number of carbonyl (C=O) groups excluding carboxylic acids is 1. The Kier molecular flexibility index (Phi) is 8.23. The summed E-state index contributed by atoms with van der Waals surface area (Å²) in [5, 5.41) is 2.98. The fourth-order valence-corrected chi connectivity index (χ4v) is 3.06. The zero-order valence-corrected chi connectivity index (χ0v) is 16.6. The van der Waals surface area contributed by atoms with Crippen molar-refractivity contribution in [3.05, 3.63) is 65.5 Å². The van der Waals surface area contributed by atoms with Crippen molar-refractivity contribution in [3.8, 4) is 5.75 Å². The Morgan fingerprint density at radius 1 is 1.21 bits per heavy atom. The third-order valence-corrected chi connectivity index (χ3v) is 4.72. The van der Waals surface area contributed by atoms with Crippen molar-refractivity contribution in [1.82, 2.24) is 5.32 Å². The summed E-state index contributed by atoms with van der Waals surface area (Å²) in [6.07, 6.45) is 1.09. The summed E-state index contributed by atoms with van der Waals surface area (Å²) >= 11 is 0. The third-order valence-electron chi connectivity index (χ3n) is 4.72. The first-order valence-electron chi connectivity index (χ1n) is 9.18. The second-order valence-electron chi connectivity index (χ2n) is 6.77. The molecule has 5 nitrogen and oxygen atoms in total. The van der Waals surface area contributed by atoms with E-state index < -0.39 is 6.10 Å². The Hall–Kier alpha value is -2.15. The molecule has 2 aromatic rings. The molecule has 0 spiro atoms. The molecule has 3 atom stereocenters. The zero-order valence-electron chi connectivity index (χ0n) is 15.8. The molecule has 3 rings (SSSR count). The van der Waals surface area contributed by atoms with Crippen molar-refractivity contribution in [3.63, 3.8) is 0 Å².